The average Bonchev–Trinajstić information content (AvgIpc) is 3.00. The van der Waals surface area contributed by atoms with Crippen LogP contribution in [0.4, 0.5) is 10.5 Å². The maximum atomic E-state index is 12.1. The van der Waals surface area contributed by atoms with Gasteiger partial charge in [-0.2, -0.15) is 5.10 Å². The number of amides is 2. The zero-order chi connectivity index (χ0) is 16.1. The molecule has 122 valence electrons. The van der Waals surface area contributed by atoms with E-state index in [-0.39, 0.29) is 12.1 Å². The fourth-order valence-electron chi connectivity index (χ4n) is 2.95. The number of anilines is 1. The molecule has 0 radical (unpaired) electrons. The summed E-state index contributed by atoms with van der Waals surface area (Å²) in [5, 5.41) is 10.1. The van der Waals surface area contributed by atoms with Crippen LogP contribution < -0.4 is 15.5 Å². The molecule has 0 spiro atoms. The summed E-state index contributed by atoms with van der Waals surface area (Å²) in [6.07, 6.45) is 5.77. The number of carbonyl (C=O) groups is 1. The van der Waals surface area contributed by atoms with Crippen LogP contribution in [0.3, 0.4) is 0 Å². The number of nitrogens with one attached hydrogen (secondary N) is 2. The van der Waals surface area contributed by atoms with Crippen molar-refractivity contribution in [1.29, 1.82) is 0 Å². The Morgan fingerprint density at radius 3 is 2.91 bits per heavy atom. The van der Waals surface area contributed by atoms with Crippen LogP contribution in [0.25, 0.3) is 0 Å². The monoisotopic (exact) mass is 313 g/mol. The maximum absolute atomic E-state index is 12.1. The van der Waals surface area contributed by atoms with E-state index in [0.29, 0.717) is 6.54 Å². The van der Waals surface area contributed by atoms with Gasteiger partial charge in [0.15, 0.2) is 0 Å². The summed E-state index contributed by atoms with van der Waals surface area (Å²) in [6, 6.07) is 10.4. The van der Waals surface area contributed by atoms with E-state index in [0.717, 1.165) is 31.5 Å². The van der Waals surface area contributed by atoms with Crippen LogP contribution in [0.1, 0.15) is 18.4 Å². The second-order valence-electron chi connectivity index (χ2n) is 5.97. The Morgan fingerprint density at radius 1 is 1.35 bits per heavy atom. The maximum Gasteiger partial charge on any atom is 0.315 e. The van der Waals surface area contributed by atoms with Crippen LogP contribution in [0.5, 0.6) is 0 Å². The molecule has 2 amide bonds. The number of rotatable bonds is 4. The number of piperidine rings is 1. The number of benzene rings is 1. The molecular formula is C17H23N5O. The second kappa shape index (κ2) is 7.17. The minimum atomic E-state index is -0.117. The topological polar surface area (TPSA) is 62.2 Å². The smallest absolute Gasteiger partial charge is 0.315 e. The van der Waals surface area contributed by atoms with Crippen LogP contribution in [0.2, 0.25) is 0 Å². The van der Waals surface area contributed by atoms with Gasteiger partial charge < -0.3 is 15.5 Å². The molecule has 2 N–H and O–H groups in total. The molecule has 3 rings (SSSR count). The number of aryl methyl sites for hydroxylation is 1. The number of hydrogen-bond acceptors (Lipinski definition) is 3. The number of aromatic nitrogens is 2. The fourth-order valence-corrected chi connectivity index (χ4v) is 2.95. The van der Waals surface area contributed by atoms with E-state index in [2.05, 4.69) is 32.8 Å². The Bertz CT molecular complexity index is 639. The van der Waals surface area contributed by atoms with Crippen LogP contribution in [-0.2, 0) is 13.6 Å². The molecule has 1 aromatic heterocycles. The van der Waals surface area contributed by atoms with Gasteiger partial charge in [-0.05, 0) is 25.0 Å². The summed E-state index contributed by atoms with van der Waals surface area (Å²) in [5.41, 5.74) is 2.21. The summed E-state index contributed by atoms with van der Waals surface area (Å²) in [6.45, 7) is 2.39. The first-order valence-corrected chi connectivity index (χ1v) is 8.02. The molecule has 0 aliphatic carbocycles. The van der Waals surface area contributed by atoms with E-state index in [4.69, 9.17) is 0 Å². The highest BCUT2D eigenvalue weighted by Crippen LogP contribution is 2.19. The van der Waals surface area contributed by atoms with E-state index >= 15 is 0 Å². The Labute approximate surface area is 136 Å². The summed E-state index contributed by atoms with van der Waals surface area (Å²) in [7, 11) is 1.86. The van der Waals surface area contributed by atoms with Crippen LogP contribution in [0.15, 0.2) is 42.7 Å². The highest BCUT2D eigenvalue weighted by Gasteiger charge is 2.21. The van der Waals surface area contributed by atoms with Crippen molar-refractivity contribution < 1.29 is 4.79 Å². The molecule has 1 aliphatic rings. The lowest BCUT2D eigenvalue weighted by atomic mass is 10.1. The lowest BCUT2D eigenvalue weighted by Gasteiger charge is -2.34. The first-order valence-electron chi connectivity index (χ1n) is 8.02. The van der Waals surface area contributed by atoms with Crippen molar-refractivity contribution >= 4 is 11.7 Å². The predicted octanol–water partition coefficient (Wildman–Crippen LogP) is 1.89. The van der Waals surface area contributed by atoms with Gasteiger partial charge in [-0.25, -0.2) is 4.79 Å². The molecule has 0 unspecified atom stereocenters. The SMILES string of the molecule is Cn1cc(CNC(=O)N[C@@H]2CCCN(c3ccccc3)C2)cn1. The van der Waals surface area contributed by atoms with E-state index < -0.39 is 0 Å². The van der Waals surface area contributed by atoms with Gasteiger partial charge in [0.1, 0.15) is 0 Å². The molecule has 23 heavy (non-hydrogen) atoms. The zero-order valence-electron chi connectivity index (χ0n) is 13.4. The predicted molar refractivity (Wildman–Crippen MR) is 90.3 cm³/mol. The van der Waals surface area contributed by atoms with E-state index in [1.807, 2.05) is 31.4 Å². The van der Waals surface area contributed by atoms with Crippen LogP contribution >= 0.6 is 0 Å². The molecule has 6 heteroatoms. The minimum Gasteiger partial charge on any atom is -0.369 e. The molecule has 2 heterocycles. The second-order valence-corrected chi connectivity index (χ2v) is 5.97. The number of urea groups is 1. The van der Waals surface area contributed by atoms with Gasteiger partial charge in [-0.15, -0.1) is 0 Å². The van der Waals surface area contributed by atoms with Gasteiger partial charge in [0.05, 0.1) is 6.20 Å². The Kier molecular flexibility index (Phi) is 4.80. The third-order valence-electron chi connectivity index (χ3n) is 4.09. The van der Waals surface area contributed by atoms with Gasteiger partial charge in [0.25, 0.3) is 0 Å². The highest BCUT2D eigenvalue weighted by molar-refractivity contribution is 5.74. The first kappa shape index (κ1) is 15.4. The molecule has 1 saturated heterocycles. The molecule has 1 atom stereocenters. The summed E-state index contributed by atoms with van der Waals surface area (Å²) < 4.78 is 1.73. The lowest BCUT2D eigenvalue weighted by molar-refractivity contribution is 0.234. The highest BCUT2D eigenvalue weighted by atomic mass is 16.2. The summed E-state index contributed by atoms with van der Waals surface area (Å²) in [5.74, 6) is 0. The zero-order valence-corrected chi connectivity index (χ0v) is 13.4. The number of para-hydroxylation sites is 1. The molecule has 0 bridgehead atoms. The average molecular weight is 313 g/mol. The lowest BCUT2D eigenvalue weighted by Crippen LogP contribution is -2.50. The summed E-state index contributed by atoms with van der Waals surface area (Å²) in [4.78, 5) is 14.4. The van der Waals surface area contributed by atoms with Crippen molar-refractivity contribution in [1.82, 2.24) is 20.4 Å². The molecule has 2 aromatic rings. The van der Waals surface area contributed by atoms with Crippen molar-refractivity contribution in [2.75, 3.05) is 18.0 Å². The van der Waals surface area contributed by atoms with Crippen molar-refractivity contribution in [3.8, 4) is 0 Å². The van der Waals surface area contributed by atoms with Gasteiger partial charge in [0.2, 0.25) is 0 Å². The van der Waals surface area contributed by atoms with Crippen molar-refractivity contribution in [3.63, 3.8) is 0 Å². The largest absolute Gasteiger partial charge is 0.369 e. The van der Waals surface area contributed by atoms with Crippen molar-refractivity contribution in [2.24, 2.45) is 7.05 Å². The summed E-state index contributed by atoms with van der Waals surface area (Å²) >= 11 is 0. The van der Waals surface area contributed by atoms with Crippen molar-refractivity contribution in [3.05, 3.63) is 48.3 Å². The molecule has 6 nitrogen and oxygen atoms in total. The standard InChI is InChI=1S/C17H23N5O/c1-21-12-14(11-19-21)10-18-17(23)20-15-6-5-9-22(13-15)16-7-3-2-4-8-16/h2-4,7-8,11-12,15H,5-6,9-10,13H2,1H3,(H2,18,20,23)/t15-/m1/s1. The Hall–Kier alpha value is -2.50. The van der Waals surface area contributed by atoms with E-state index in [1.54, 1.807) is 10.9 Å². The quantitative estimate of drug-likeness (QED) is 0.906. The van der Waals surface area contributed by atoms with Crippen molar-refractivity contribution in [2.45, 2.75) is 25.4 Å². The van der Waals surface area contributed by atoms with Crippen LogP contribution in [0, 0.1) is 0 Å². The van der Waals surface area contributed by atoms with Gasteiger partial charge >= 0.3 is 6.03 Å². The van der Waals surface area contributed by atoms with Gasteiger partial charge in [0, 0.05) is 50.2 Å². The normalized spacial score (nSPS) is 17.8. The molecule has 1 fully saturated rings. The minimum absolute atomic E-state index is 0.117. The molecular weight excluding hydrogens is 290 g/mol. The Morgan fingerprint density at radius 2 is 2.17 bits per heavy atom. The Balaban J connectivity index is 1.48. The molecule has 0 saturated carbocycles. The fraction of sp³-hybridized carbons (Fsp3) is 0.412. The van der Waals surface area contributed by atoms with Crippen LogP contribution in [-0.4, -0.2) is 34.9 Å². The van der Waals surface area contributed by atoms with E-state index in [1.165, 1.54) is 5.69 Å². The van der Waals surface area contributed by atoms with Gasteiger partial charge in [-0.3, -0.25) is 4.68 Å². The first-order chi connectivity index (χ1) is 11.2. The number of nitrogens with zero attached hydrogens (tertiary/aromatic N) is 3. The van der Waals surface area contributed by atoms with E-state index in [9.17, 15) is 4.79 Å². The van der Waals surface area contributed by atoms with Gasteiger partial charge in [-0.1, -0.05) is 18.2 Å². The molecule has 1 aromatic carbocycles. The molecule has 1 aliphatic heterocycles. The third kappa shape index (κ3) is 4.25. The number of carbonyl (C=O) groups excluding carboxylic acids is 1. The third-order valence-corrected chi connectivity index (χ3v) is 4.09. The number of hydrogen-bond donors (Lipinski definition) is 2.